The van der Waals surface area contributed by atoms with Crippen molar-refractivity contribution in [2.75, 3.05) is 26.8 Å². The Balaban J connectivity index is 2.42. The number of hydrogen-bond acceptors (Lipinski definition) is 5. The molecule has 104 valence electrons. The summed E-state index contributed by atoms with van der Waals surface area (Å²) in [5.41, 5.74) is 0. The van der Waals surface area contributed by atoms with Gasteiger partial charge in [-0.25, -0.2) is 4.79 Å². The van der Waals surface area contributed by atoms with E-state index >= 15 is 0 Å². The van der Waals surface area contributed by atoms with Gasteiger partial charge in [0.15, 0.2) is 0 Å². The fraction of sp³-hybridized carbons (Fsp3) is 0.833. The molecule has 0 aliphatic carbocycles. The van der Waals surface area contributed by atoms with Gasteiger partial charge in [0.2, 0.25) is 5.91 Å². The molecule has 1 saturated heterocycles. The Hall–Kier alpha value is -1.14. The number of morpholine rings is 1. The fourth-order valence-corrected chi connectivity index (χ4v) is 1.81. The van der Waals surface area contributed by atoms with Gasteiger partial charge < -0.3 is 20.1 Å². The van der Waals surface area contributed by atoms with E-state index in [9.17, 15) is 9.59 Å². The SMILES string of the molecule is COC(=O)C(NC(=O)CC1CNCCO1)C(C)C. The second-order valence-electron chi connectivity index (χ2n) is 4.71. The van der Waals surface area contributed by atoms with Crippen LogP contribution in [0.5, 0.6) is 0 Å². The molecule has 0 aromatic heterocycles. The smallest absolute Gasteiger partial charge is 0.328 e. The maximum Gasteiger partial charge on any atom is 0.328 e. The summed E-state index contributed by atoms with van der Waals surface area (Å²) in [6.45, 7) is 5.82. The Kier molecular flexibility index (Phi) is 6.07. The lowest BCUT2D eigenvalue weighted by molar-refractivity contribution is -0.146. The minimum atomic E-state index is -0.598. The first-order valence-electron chi connectivity index (χ1n) is 6.24. The van der Waals surface area contributed by atoms with Crippen LogP contribution in [0.25, 0.3) is 0 Å². The highest BCUT2D eigenvalue weighted by atomic mass is 16.5. The molecule has 0 bridgehead atoms. The van der Waals surface area contributed by atoms with Gasteiger partial charge >= 0.3 is 5.97 Å². The summed E-state index contributed by atoms with van der Waals surface area (Å²) in [7, 11) is 1.32. The van der Waals surface area contributed by atoms with Crippen LogP contribution < -0.4 is 10.6 Å². The number of nitrogens with one attached hydrogen (secondary N) is 2. The molecule has 1 rings (SSSR count). The number of methoxy groups -OCH3 is 1. The highest BCUT2D eigenvalue weighted by molar-refractivity contribution is 5.84. The van der Waals surface area contributed by atoms with E-state index in [1.807, 2.05) is 13.8 Å². The van der Waals surface area contributed by atoms with Crippen LogP contribution in [0, 0.1) is 5.92 Å². The molecule has 0 spiro atoms. The van der Waals surface area contributed by atoms with E-state index < -0.39 is 12.0 Å². The molecule has 2 N–H and O–H groups in total. The van der Waals surface area contributed by atoms with Crippen molar-refractivity contribution in [3.63, 3.8) is 0 Å². The van der Waals surface area contributed by atoms with E-state index in [4.69, 9.17) is 4.74 Å². The first-order chi connectivity index (χ1) is 8.54. The van der Waals surface area contributed by atoms with Gasteiger partial charge in [-0.1, -0.05) is 13.8 Å². The number of esters is 1. The largest absolute Gasteiger partial charge is 0.467 e. The lowest BCUT2D eigenvalue weighted by atomic mass is 10.0. The first-order valence-corrected chi connectivity index (χ1v) is 6.24. The van der Waals surface area contributed by atoms with Gasteiger partial charge in [0.1, 0.15) is 6.04 Å². The van der Waals surface area contributed by atoms with Crippen molar-refractivity contribution in [3.05, 3.63) is 0 Å². The second-order valence-corrected chi connectivity index (χ2v) is 4.71. The summed E-state index contributed by atoms with van der Waals surface area (Å²) >= 11 is 0. The molecule has 2 atom stereocenters. The molecular formula is C12H22N2O4. The number of carbonyl (C=O) groups is 2. The lowest BCUT2D eigenvalue weighted by Gasteiger charge is -2.25. The van der Waals surface area contributed by atoms with E-state index in [0.717, 1.165) is 6.54 Å². The van der Waals surface area contributed by atoms with Gasteiger partial charge in [-0.05, 0) is 5.92 Å². The van der Waals surface area contributed by atoms with Gasteiger partial charge in [0, 0.05) is 13.1 Å². The Bertz CT molecular complexity index is 288. The van der Waals surface area contributed by atoms with Crippen molar-refractivity contribution in [1.82, 2.24) is 10.6 Å². The molecule has 0 radical (unpaired) electrons. The van der Waals surface area contributed by atoms with E-state index in [1.165, 1.54) is 7.11 Å². The Morgan fingerprint density at radius 1 is 1.50 bits per heavy atom. The van der Waals surface area contributed by atoms with Crippen molar-refractivity contribution in [1.29, 1.82) is 0 Å². The monoisotopic (exact) mass is 258 g/mol. The number of amides is 1. The second kappa shape index (κ2) is 7.33. The number of hydrogen-bond donors (Lipinski definition) is 2. The first kappa shape index (κ1) is 14.9. The molecule has 0 aromatic rings. The van der Waals surface area contributed by atoms with Gasteiger partial charge in [-0.15, -0.1) is 0 Å². The topological polar surface area (TPSA) is 76.7 Å². The Morgan fingerprint density at radius 2 is 2.22 bits per heavy atom. The molecule has 1 fully saturated rings. The highest BCUT2D eigenvalue weighted by Crippen LogP contribution is 2.06. The molecule has 0 saturated carbocycles. The van der Waals surface area contributed by atoms with Crippen LogP contribution in [0.1, 0.15) is 20.3 Å². The molecule has 2 unspecified atom stereocenters. The molecule has 1 aliphatic rings. The van der Waals surface area contributed by atoms with Crippen LogP contribution in [0.2, 0.25) is 0 Å². The zero-order valence-electron chi connectivity index (χ0n) is 11.2. The fourth-order valence-electron chi connectivity index (χ4n) is 1.81. The third-order valence-corrected chi connectivity index (χ3v) is 2.86. The summed E-state index contributed by atoms with van der Waals surface area (Å²) in [6.07, 6.45) is 0.136. The van der Waals surface area contributed by atoms with Crippen LogP contribution in [-0.2, 0) is 19.1 Å². The third-order valence-electron chi connectivity index (χ3n) is 2.86. The molecular weight excluding hydrogens is 236 g/mol. The van der Waals surface area contributed by atoms with Crippen molar-refractivity contribution in [2.45, 2.75) is 32.4 Å². The third kappa shape index (κ3) is 4.62. The average molecular weight is 258 g/mol. The zero-order chi connectivity index (χ0) is 13.5. The van der Waals surface area contributed by atoms with Crippen molar-refractivity contribution >= 4 is 11.9 Å². The van der Waals surface area contributed by atoms with E-state index in [1.54, 1.807) is 0 Å². The van der Waals surface area contributed by atoms with Crippen molar-refractivity contribution in [2.24, 2.45) is 5.92 Å². The van der Waals surface area contributed by atoms with E-state index in [2.05, 4.69) is 15.4 Å². The Labute approximate surface area is 107 Å². The van der Waals surface area contributed by atoms with E-state index in [-0.39, 0.29) is 24.3 Å². The molecule has 6 heteroatoms. The number of carbonyl (C=O) groups excluding carboxylic acids is 2. The lowest BCUT2D eigenvalue weighted by Crippen LogP contribution is -2.47. The van der Waals surface area contributed by atoms with E-state index in [0.29, 0.717) is 13.2 Å². The van der Waals surface area contributed by atoms with Crippen LogP contribution in [-0.4, -0.2) is 50.8 Å². The van der Waals surface area contributed by atoms with Crippen LogP contribution in [0.15, 0.2) is 0 Å². The van der Waals surface area contributed by atoms with Gasteiger partial charge in [0.05, 0.1) is 26.2 Å². The summed E-state index contributed by atoms with van der Waals surface area (Å²) in [6, 6.07) is -0.598. The van der Waals surface area contributed by atoms with Crippen LogP contribution >= 0.6 is 0 Å². The van der Waals surface area contributed by atoms with Crippen LogP contribution in [0.3, 0.4) is 0 Å². The minimum Gasteiger partial charge on any atom is -0.467 e. The molecule has 1 amide bonds. The highest BCUT2D eigenvalue weighted by Gasteiger charge is 2.26. The number of ether oxygens (including phenoxy) is 2. The van der Waals surface area contributed by atoms with Crippen molar-refractivity contribution in [3.8, 4) is 0 Å². The average Bonchev–Trinajstić information content (AvgIpc) is 2.36. The summed E-state index contributed by atoms with van der Waals surface area (Å²) in [5, 5.41) is 5.85. The standard InChI is InChI=1S/C12H22N2O4/c1-8(2)11(12(16)17-3)14-10(15)6-9-7-13-4-5-18-9/h8-9,11,13H,4-7H2,1-3H3,(H,14,15). The van der Waals surface area contributed by atoms with Gasteiger partial charge in [-0.3, -0.25) is 4.79 Å². The molecule has 18 heavy (non-hydrogen) atoms. The Morgan fingerprint density at radius 3 is 2.72 bits per heavy atom. The molecule has 1 aliphatic heterocycles. The van der Waals surface area contributed by atoms with Crippen molar-refractivity contribution < 1.29 is 19.1 Å². The van der Waals surface area contributed by atoms with Gasteiger partial charge in [0.25, 0.3) is 0 Å². The van der Waals surface area contributed by atoms with Crippen LogP contribution in [0.4, 0.5) is 0 Å². The predicted molar refractivity (Wildman–Crippen MR) is 66.0 cm³/mol. The number of rotatable bonds is 5. The summed E-state index contributed by atoms with van der Waals surface area (Å²) in [4.78, 5) is 23.3. The normalized spacial score (nSPS) is 21.4. The molecule has 1 heterocycles. The predicted octanol–water partition coefficient (Wildman–Crippen LogP) is -0.321. The molecule has 6 nitrogen and oxygen atoms in total. The molecule has 0 aromatic carbocycles. The zero-order valence-corrected chi connectivity index (χ0v) is 11.2. The summed E-state index contributed by atoms with van der Waals surface area (Å²) in [5.74, 6) is -0.611. The quantitative estimate of drug-likeness (QED) is 0.661. The maximum absolute atomic E-state index is 11.8. The van der Waals surface area contributed by atoms with Gasteiger partial charge in [-0.2, -0.15) is 0 Å². The summed E-state index contributed by atoms with van der Waals surface area (Å²) < 4.78 is 10.1. The minimum absolute atomic E-state index is 0.00759. The maximum atomic E-state index is 11.8.